The van der Waals surface area contributed by atoms with Gasteiger partial charge in [0.15, 0.2) is 0 Å². The lowest BCUT2D eigenvalue weighted by Crippen LogP contribution is -2.44. The number of amides is 2. The van der Waals surface area contributed by atoms with Gasteiger partial charge in [-0.05, 0) is 76.6 Å². The minimum atomic E-state index is -0.198. The highest BCUT2D eigenvalue weighted by Gasteiger charge is 2.21. The molecule has 0 bridgehead atoms. The molecule has 1 fully saturated rings. The number of nitrogens with two attached hydrogens (primary N) is 1. The molecule has 0 radical (unpaired) electrons. The van der Waals surface area contributed by atoms with E-state index in [9.17, 15) is 9.59 Å². The first kappa shape index (κ1) is 31.2. The van der Waals surface area contributed by atoms with Crippen LogP contribution in [-0.2, 0) is 19.6 Å². The molecule has 3 N–H and O–H groups in total. The van der Waals surface area contributed by atoms with Gasteiger partial charge < -0.3 is 25.8 Å². The minimum absolute atomic E-state index is 0.00418. The van der Waals surface area contributed by atoms with Crippen molar-refractivity contribution >= 4 is 34.5 Å². The van der Waals surface area contributed by atoms with Crippen molar-refractivity contribution in [3.8, 4) is 11.1 Å². The molecular formula is C37H38N6O2S. The van der Waals surface area contributed by atoms with Crippen molar-refractivity contribution in [2.24, 2.45) is 5.73 Å². The summed E-state index contributed by atoms with van der Waals surface area (Å²) in [6, 6.07) is 29.9. The van der Waals surface area contributed by atoms with Crippen molar-refractivity contribution in [1.82, 2.24) is 14.8 Å². The molecule has 3 aromatic carbocycles. The summed E-state index contributed by atoms with van der Waals surface area (Å²) in [6.07, 6.45) is 3.24. The summed E-state index contributed by atoms with van der Waals surface area (Å²) in [7, 11) is 2.13. The van der Waals surface area contributed by atoms with E-state index in [0.29, 0.717) is 30.1 Å². The van der Waals surface area contributed by atoms with Gasteiger partial charge in [-0.2, -0.15) is 0 Å². The van der Waals surface area contributed by atoms with Crippen LogP contribution in [0.5, 0.6) is 0 Å². The standard InChI is InChI=1S/C37H38N6O2S/c1-41-15-17-42(18-16-41)34-13-12-31(22-33(34)40-36(44)32-10-4-14-39-24-32)30-9-3-8-29(21-30)26-43(37(45)35-11-5-19-46-35)25-28-7-2-6-27(20-28)23-38/h2-14,19-22,24H,15-18,23,25-26,38H2,1H3,(H,40,44). The highest BCUT2D eigenvalue weighted by Crippen LogP contribution is 2.33. The molecule has 1 aliphatic heterocycles. The van der Waals surface area contributed by atoms with Crippen LogP contribution in [0.3, 0.4) is 0 Å². The fourth-order valence-corrected chi connectivity index (χ4v) is 6.42. The van der Waals surface area contributed by atoms with Gasteiger partial charge in [0.1, 0.15) is 0 Å². The molecule has 5 aromatic rings. The molecular weight excluding hydrogens is 593 g/mol. The van der Waals surface area contributed by atoms with Gasteiger partial charge in [-0.1, -0.05) is 54.6 Å². The number of carbonyl (C=O) groups is 2. The number of hydrogen-bond donors (Lipinski definition) is 2. The quantitative estimate of drug-likeness (QED) is 0.193. The van der Waals surface area contributed by atoms with Gasteiger partial charge in [0.25, 0.3) is 11.8 Å². The normalized spacial score (nSPS) is 13.4. The topological polar surface area (TPSA) is 94.8 Å². The maximum absolute atomic E-state index is 13.7. The molecule has 0 atom stereocenters. The van der Waals surface area contributed by atoms with Crippen molar-refractivity contribution in [3.63, 3.8) is 0 Å². The number of nitrogens with zero attached hydrogens (tertiary/aromatic N) is 4. The monoisotopic (exact) mass is 630 g/mol. The number of anilines is 2. The van der Waals surface area contributed by atoms with Crippen LogP contribution in [0.2, 0.25) is 0 Å². The summed E-state index contributed by atoms with van der Waals surface area (Å²) < 4.78 is 0. The van der Waals surface area contributed by atoms with Crippen LogP contribution < -0.4 is 16.0 Å². The Morgan fingerprint density at radius 1 is 0.848 bits per heavy atom. The second-order valence-corrected chi connectivity index (χ2v) is 12.5. The molecule has 9 heteroatoms. The number of piperazine rings is 1. The molecule has 8 nitrogen and oxygen atoms in total. The second-order valence-electron chi connectivity index (χ2n) is 11.6. The van der Waals surface area contributed by atoms with Crippen molar-refractivity contribution in [2.75, 3.05) is 43.4 Å². The van der Waals surface area contributed by atoms with Crippen molar-refractivity contribution in [1.29, 1.82) is 0 Å². The number of rotatable bonds is 10. The number of hydrogen-bond acceptors (Lipinski definition) is 7. The third-order valence-electron chi connectivity index (χ3n) is 8.27. The molecule has 234 valence electrons. The Hall–Kier alpha value is -4.83. The third kappa shape index (κ3) is 7.51. The van der Waals surface area contributed by atoms with Gasteiger partial charge in [0.05, 0.1) is 21.8 Å². The second kappa shape index (κ2) is 14.5. The third-order valence-corrected chi connectivity index (χ3v) is 9.12. The number of aromatic nitrogens is 1. The summed E-state index contributed by atoms with van der Waals surface area (Å²) in [6.45, 7) is 5.04. The maximum atomic E-state index is 13.7. The number of benzene rings is 3. The van der Waals surface area contributed by atoms with Crippen LogP contribution in [0.25, 0.3) is 11.1 Å². The number of pyridine rings is 1. The van der Waals surface area contributed by atoms with Crippen molar-refractivity contribution < 1.29 is 9.59 Å². The van der Waals surface area contributed by atoms with Crippen LogP contribution in [0.15, 0.2) is 109 Å². The summed E-state index contributed by atoms with van der Waals surface area (Å²) in [5.41, 5.74) is 13.2. The molecule has 1 aliphatic rings. The lowest BCUT2D eigenvalue weighted by atomic mass is 10.0. The van der Waals surface area contributed by atoms with Gasteiger partial charge in [-0.3, -0.25) is 14.6 Å². The van der Waals surface area contributed by atoms with Crippen molar-refractivity contribution in [3.05, 3.63) is 136 Å². The van der Waals surface area contributed by atoms with Crippen LogP contribution in [0, 0.1) is 0 Å². The Bertz CT molecular complexity index is 1790. The Morgan fingerprint density at radius 2 is 1.59 bits per heavy atom. The molecule has 2 amide bonds. The lowest BCUT2D eigenvalue weighted by molar-refractivity contribution is 0.0734. The fourth-order valence-electron chi connectivity index (χ4n) is 5.73. The Kier molecular flexibility index (Phi) is 9.83. The Morgan fingerprint density at radius 3 is 2.30 bits per heavy atom. The number of likely N-dealkylation sites (N-methyl/N-ethyl adjacent to an activating group) is 1. The van der Waals surface area contributed by atoms with Crippen LogP contribution in [0.1, 0.15) is 36.7 Å². The fraction of sp³-hybridized carbons (Fsp3) is 0.216. The zero-order valence-electron chi connectivity index (χ0n) is 25.9. The van der Waals surface area contributed by atoms with Gasteiger partial charge >= 0.3 is 0 Å². The molecule has 0 unspecified atom stereocenters. The first-order valence-electron chi connectivity index (χ1n) is 15.5. The highest BCUT2D eigenvalue weighted by atomic mass is 32.1. The Labute approximate surface area is 274 Å². The number of carbonyl (C=O) groups excluding carboxylic acids is 2. The zero-order valence-corrected chi connectivity index (χ0v) is 26.7. The van der Waals surface area contributed by atoms with E-state index in [4.69, 9.17) is 5.73 Å². The first-order chi connectivity index (χ1) is 22.5. The van der Waals surface area contributed by atoms with E-state index in [1.165, 1.54) is 11.3 Å². The largest absolute Gasteiger partial charge is 0.367 e. The van der Waals surface area contributed by atoms with Crippen LogP contribution in [0.4, 0.5) is 11.4 Å². The van der Waals surface area contributed by atoms with Crippen molar-refractivity contribution in [2.45, 2.75) is 19.6 Å². The molecule has 0 aliphatic carbocycles. The van der Waals surface area contributed by atoms with E-state index < -0.39 is 0 Å². The van der Waals surface area contributed by atoms with Crippen LogP contribution in [-0.4, -0.2) is 59.8 Å². The van der Waals surface area contributed by atoms with E-state index in [-0.39, 0.29) is 11.8 Å². The predicted octanol–water partition coefficient (Wildman–Crippen LogP) is 6.12. The van der Waals surface area contributed by atoms with E-state index in [1.54, 1.807) is 24.5 Å². The SMILES string of the molecule is CN1CCN(c2ccc(-c3cccc(CN(Cc4cccc(CN)c4)C(=O)c4cccs4)c3)cc2NC(=O)c2cccnc2)CC1. The molecule has 0 saturated carbocycles. The summed E-state index contributed by atoms with van der Waals surface area (Å²) in [5.74, 6) is -0.203. The van der Waals surface area contributed by atoms with Gasteiger partial charge in [-0.25, -0.2) is 0 Å². The average molecular weight is 631 g/mol. The van der Waals surface area contributed by atoms with Gasteiger partial charge in [0, 0.05) is 58.2 Å². The van der Waals surface area contributed by atoms with Gasteiger partial charge in [-0.15, -0.1) is 11.3 Å². The molecule has 0 spiro atoms. The molecule has 6 rings (SSSR count). The van der Waals surface area contributed by atoms with E-state index in [0.717, 1.165) is 65.4 Å². The van der Waals surface area contributed by atoms with Crippen LogP contribution >= 0.6 is 11.3 Å². The van der Waals surface area contributed by atoms with E-state index in [1.807, 2.05) is 52.7 Å². The lowest BCUT2D eigenvalue weighted by Gasteiger charge is -2.35. The maximum Gasteiger partial charge on any atom is 0.264 e. The van der Waals surface area contributed by atoms with E-state index >= 15 is 0 Å². The summed E-state index contributed by atoms with van der Waals surface area (Å²) in [5, 5.41) is 5.09. The number of thiophene rings is 1. The zero-order chi connectivity index (χ0) is 31.9. The Balaban J connectivity index is 1.30. The molecule has 46 heavy (non-hydrogen) atoms. The summed E-state index contributed by atoms with van der Waals surface area (Å²) >= 11 is 1.45. The number of nitrogens with one attached hydrogen (secondary N) is 1. The average Bonchev–Trinajstić information content (AvgIpc) is 3.64. The van der Waals surface area contributed by atoms with Gasteiger partial charge in [0.2, 0.25) is 0 Å². The molecule has 2 aromatic heterocycles. The smallest absolute Gasteiger partial charge is 0.264 e. The molecule has 1 saturated heterocycles. The summed E-state index contributed by atoms with van der Waals surface area (Å²) in [4.78, 5) is 38.3. The minimum Gasteiger partial charge on any atom is -0.367 e. The molecule has 3 heterocycles. The first-order valence-corrected chi connectivity index (χ1v) is 16.3. The predicted molar refractivity (Wildman–Crippen MR) is 186 cm³/mol. The van der Waals surface area contributed by atoms with E-state index in [2.05, 4.69) is 63.5 Å². The highest BCUT2D eigenvalue weighted by molar-refractivity contribution is 7.12.